The molecule has 0 spiro atoms. The summed E-state index contributed by atoms with van der Waals surface area (Å²) in [6.07, 6.45) is 3.63. The smallest absolute Gasteiger partial charge is 0.277 e. The molecule has 0 radical (unpaired) electrons. The van der Waals surface area contributed by atoms with Gasteiger partial charge in [0.2, 0.25) is 6.19 Å². The lowest BCUT2D eigenvalue weighted by molar-refractivity contribution is 0.601. The number of nitrogens with zero attached hydrogens (tertiary/aromatic N) is 7. The molecule has 5 aromatic rings. The van der Waals surface area contributed by atoms with Gasteiger partial charge in [0.25, 0.3) is 5.56 Å². The summed E-state index contributed by atoms with van der Waals surface area (Å²) in [4.78, 5) is 18.1. The minimum Gasteiger partial charge on any atom is -0.302 e. The number of hydrogen-bond acceptors (Lipinski definition) is 5. The number of imidazole rings is 1. The predicted octanol–water partition coefficient (Wildman–Crippen LogP) is 3.48. The third-order valence-electron chi connectivity index (χ3n) is 5.14. The summed E-state index contributed by atoms with van der Waals surface area (Å²) >= 11 is 0. The molecular formula is C22H17N7O. The van der Waals surface area contributed by atoms with E-state index in [1.54, 1.807) is 15.3 Å². The van der Waals surface area contributed by atoms with Gasteiger partial charge < -0.3 is 4.57 Å². The van der Waals surface area contributed by atoms with Crippen LogP contribution in [0.25, 0.3) is 39.2 Å². The molecule has 146 valence electrons. The molecule has 0 fully saturated rings. The Balaban J connectivity index is 1.93. The van der Waals surface area contributed by atoms with E-state index in [1.165, 1.54) is 0 Å². The van der Waals surface area contributed by atoms with Crippen LogP contribution < -0.4 is 5.56 Å². The minimum atomic E-state index is -0.180. The standard InChI is InChI=1S/C22H17N7O/c1-14(2)29-17-11-7-6-10-16(17)27-13-24-19(21(27)22(29)30)20-18(25-26-28(20)12-23)15-8-4-3-5-9-15/h3-11,13-14H,1-2H3. The first-order valence-corrected chi connectivity index (χ1v) is 9.53. The Morgan fingerprint density at radius 2 is 1.67 bits per heavy atom. The number of benzene rings is 2. The Hall–Kier alpha value is -4.25. The highest BCUT2D eigenvalue weighted by molar-refractivity contribution is 5.88. The molecule has 0 amide bonds. The van der Waals surface area contributed by atoms with Crippen LogP contribution in [0, 0.1) is 11.5 Å². The van der Waals surface area contributed by atoms with Crippen LogP contribution in [0.2, 0.25) is 0 Å². The number of nitriles is 1. The van der Waals surface area contributed by atoms with E-state index in [9.17, 15) is 10.1 Å². The molecule has 0 aliphatic heterocycles. The maximum atomic E-state index is 13.6. The second kappa shape index (κ2) is 6.67. The molecular weight excluding hydrogens is 378 g/mol. The van der Waals surface area contributed by atoms with Crippen LogP contribution in [0.3, 0.4) is 0 Å². The first-order valence-electron chi connectivity index (χ1n) is 9.53. The molecule has 0 aliphatic carbocycles. The van der Waals surface area contributed by atoms with E-state index in [0.29, 0.717) is 22.6 Å². The van der Waals surface area contributed by atoms with Crippen molar-refractivity contribution in [2.24, 2.45) is 0 Å². The van der Waals surface area contributed by atoms with E-state index in [2.05, 4.69) is 15.3 Å². The Bertz CT molecular complexity index is 1500. The van der Waals surface area contributed by atoms with Gasteiger partial charge in [-0.05, 0) is 26.0 Å². The molecule has 8 nitrogen and oxygen atoms in total. The van der Waals surface area contributed by atoms with Crippen molar-refractivity contribution in [2.75, 3.05) is 0 Å². The summed E-state index contributed by atoms with van der Waals surface area (Å²) in [6, 6.07) is 17.1. The van der Waals surface area contributed by atoms with E-state index in [0.717, 1.165) is 21.3 Å². The number of aromatic nitrogens is 6. The van der Waals surface area contributed by atoms with Gasteiger partial charge in [0.05, 0.1) is 11.0 Å². The number of rotatable bonds is 3. The van der Waals surface area contributed by atoms with Crippen molar-refractivity contribution in [1.82, 2.24) is 28.9 Å². The highest BCUT2D eigenvalue weighted by Crippen LogP contribution is 2.32. The summed E-state index contributed by atoms with van der Waals surface area (Å²) < 4.78 is 4.63. The first-order chi connectivity index (χ1) is 14.6. The lowest BCUT2D eigenvalue weighted by Gasteiger charge is -2.15. The lowest BCUT2D eigenvalue weighted by Crippen LogP contribution is -2.24. The molecule has 30 heavy (non-hydrogen) atoms. The quantitative estimate of drug-likeness (QED) is 0.466. The highest BCUT2D eigenvalue weighted by Gasteiger charge is 2.25. The fraction of sp³-hybridized carbons (Fsp3) is 0.136. The van der Waals surface area contributed by atoms with Crippen molar-refractivity contribution in [3.63, 3.8) is 0 Å². The maximum absolute atomic E-state index is 13.6. The normalized spacial score (nSPS) is 11.4. The van der Waals surface area contributed by atoms with E-state index >= 15 is 0 Å². The topological polar surface area (TPSA) is 93.8 Å². The number of fused-ring (bicyclic) bond motifs is 3. The van der Waals surface area contributed by atoms with Crippen LogP contribution >= 0.6 is 0 Å². The number of hydrogen-bond donors (Lipinski definition) is 0. The van der Waals surface area contributed by atoms with E-state index < -0.39 is 0 Å². The van der Waals surface area contributed by atoms with Crippen LogP contribution in [-0.4, -0.2) is 28.9 Å². The van der Waals surface area contributed by atoms with Crippen molar-refractivity contribution in [2.45, 2.75) is 19.9 Å². The summed E-state index contributed by atoms with van der Waals surface area (Å²) in [7, 11) is 0. The van der Waals surface area contributed by atoms with Gasteiger partial charge in [0, 0.05) is 11.6 Å². The van der Waals surface area contributed by atoms with E-state index in [-0.39, 0.29) is 11.6 Å². The molecule has 0 saturated heterocycles. The van der Waals surface area contributed by atoms with Gasteiger partial charge in [-0.2, -0.15) is 5.26 Å². The van der Waals surface area contributed by atoms with Crippen molar-refractivity contribution in [1.29, 1.82) is 5.26 Å². The van der Waals surface area contributed by atoms with Gasteiger partial charge in [0.15, 0.2) is 0 Å². The van der Waals surface area contributed by atoms with Crippen LogP contribution in [0.5, 0.6) is 0 Å². The van der Waals surface area contributed by atoms with Crippen molar-refractivity contribution >= 4 is 16.6 Å². The molecule has 0 N–H and O–H groups in total. The second-order valence-electron chi connectivity index (χ2n) is 7.23. The number of para-hydroxylation sites is 2. The Kier molecular flexibility index (Phi) is 3.96. The second-order valence-corrected chi connectivity index (χ2v) is 7.23. The molecule has 3 aromatic heterocycles. The summed E-state index contributed by atoms with van der Waals surface area (Å²) in [5.74, 6) is 0. The van der Waals surface area contributed by atoms with Gasteiger partial charge in [-0.25, -0.2) is 4.98 Å². The van der Waals surface area contributed by atoms with Crippen LogP contribution in [0.15, 0.2) is 65.7 Å². The SMILES string of the molecule is CC(C)n1c(=O)c2c(-c3c(-c4ccccc4)nnn3C#N)ncn2c2ccccc21. The zero-order valence-electron chi connectivity index (χ0n) is 16.4. The molecule has 3 heterocycles. The molecule has 8 heteroatoms. The van der Waals surface area contributed by atoms with Gasteiger partial charge in [-0.1, -0.05) is 47.7 Å². The minimum absolute atomic E-state index is 0.0530. The molecule has 0 bridgehead atoms. The van der Waals surface area contributed by atoms with Crippen LogP contribution in [0.1, 0.15) is 19.9 Å². The largest absolute Gasteiger partial charge is 0.302 e. The summed E-state index contributed by atoms with van der Waals surface area (Å²) in [5.41, 5.74) is 3.96. The van der Waals surface area contributed by atoms with E-state index in [1.807, 2.05) is 74.6 Å². The molecule has 0 unspecified atom stereocenters. The third kappa shape index (κ3) is 2.46. The van der Waals surface area contributed by atoms with Gasteiger partial charge in [-0.15, -0.1) is 9.78 Å². The highest BCUT2D eigenvalue weighted by atomic mass is 16.1. The van der Waals surface area contributed by atoms with Crippen molar-refractivity contribution in [3.8, 4) is 28.8 Å². The summed E-state index contributed by atoms with van der Waals surface area (Å²) in [6.45, 7) is 3.94. The molecule has 0 atom stereocenters. The molecule has 0 saturated carbocycles. The fourth-order valence-electron chi connectivity index (χ4n) is 3.87. The zero-order valence-corrected chi connectivity index (χ0v) is 16.4. The zero-order chi connectivity index (χ0) is 20.8. The average Bonchev–Trinajstić information content (AvgIpc) is 3.38. The van der Waals surface area contributed by atoms with Crippen LogP contribution in [-0.2, 0) is 0 Å². The maximum Gasteiger partial charge on any atom is 0.277 e. The summed E-state index contributed by atoms with van der Waals surface area (Å²) in [5, 5.41) is 17.8. The lowest BCUT2D eigenvalue weighted by atomic mass is 10.1. The van der Waals surface area contributed by atoms with Gasteiger partial charge in [-0.3, -0.25) is 9.20 Å². The average molecular weight is 395 g/mol. The molecule has 5 rings (SSSR count). The van der Waals surface area contributed by atoms with E-state index in [4.69, 9.17) is 0 Å². The Morgan fingerprint density at radius 3 is 2.37 bits per heavy atom. The van der Waals surface area contributed by atoms with Gasteiger partial charge in [0.1, 0.15) is 28.9 Å². The monoisotopic (exact) mass is 395 g/mol. The molecule has 0 aliphatic rings. The van der Waals surface area contributed by atoms with Gasteiger partial charge >= 0.3 is 0 Å². The Labute approximate surface area is 171 Å². The predicted molar refractivity (Wildman–Crippen MR) is 113 cm³/mol. The van der Waals surface area contributed by atoms with Crippen molar-refractivity contribution < 1.29 is 0 Å². The fourth-order valence-corrected chi connectivity index (χ4v) is 3.87. The first kappa shape index (κ1) is 17.8. The van der Waals surface area contributed by atoms with Crippen molar-refractivity contribution in [3.05, 3.63) is 71.3 Å². The third-order valence-corrected chi connectivity index (χ3v) is 5.14. The molecule has 2 aromatic carbocycles. The van der Waals surface area contributed by atoms with Crippen LogP contribution in [0.4, 0.5) is 0 Å². The Morgan fingerprint density at radius 1 is 0.967 bits per heavy atom.